The summed E-state index contributed by atoms with van der Waals surface area (Å²) in [7, 11) is 0. The van der Waals surface area contributed by atoms with Crippen molar-refractivity contribution in [1.82, 2.24) is 4.90 Å². The lowest BCUT2D eigenvalue weighted by Crippen LogP contribution is -2.43. The van der Waals surface area contributed by atoms with Gasteiger partial charge in [0.05, 0.1) is 0 Å². The van der Waals surface area contributed by atoms with Crippen LogP contribution in [0.5, 0.6) is 0 Å². The molecule has 1 atom stereocenters. The monoisotopic (exact) mass is 397 g/mol. The number of nitrogens with zero attached hydrogens (tertiary/aromatic N) is 1. The number of carbonyl (C=O) groups excluding carboxylic acids is 2. The van der Waals surface area contributed by atoms with Crippen LogP contribution in [-0.2, 0) is 9.53 Å². The molecule has 158 valence electrons. The van der Waals surface area contributed by atoms with Crippen molar-refractivity contribution in [3.05, 3.63) is 29.8 Å². The number of hydrogen-bond acceptors (Lipinski definition) is 3. The zero-order valence-corrected chi connectivity index (χ0v) is 19.2. The fraction of sp³-hybridized carbons (Fsp3) is 0.667. The zero-order valence-electron chi connectivity index (χ0n) is 19.2. The number of esters is 1. The molecular formula is C24H36BNO3. The Morgan fingerprint density at radius 1 is 1.03 bits per heavy atom. The highest BCUT2D eigenvalue weighted by Crippen LogP contribution is 2.52. The molecule has 0 radical (unpaired) electrons. The Hall–Kier alpha value is -1.78. The van der Waals surface area contributed by atoms with E-state index in [1.807, 2.05) is 32.9 Å². The van der Waals surface area contributed by atoms with Gasteiger partial charge in [0.2, 0.25) is 0 Å². The van der Waals surface area contributed by atoms with Gasteiger partial charge in [0.25, 0.3) is 5.91 Å². The molecule has 0 bridgehead atoms. The maximum absolute atomic E-state index is 13.1. The number of amides is 1. The molecule has 0 aliphatic carbocycles. The molecule has 1 unspecified atom stereocenters. The van der Waals surface area contributed by atoms with Crippen molar-refractivity contribution in [2.45, 2.75) is 85.6 Å². The Morgan fingerprint density at radius 3 is 2.10 bits per heavy atom. The third-order valence-electron chi connectivity index (χ3n) is 7.17. The molecule has 2 heterocycles. The fourth-order valence-electron chi connectivity index (χ4n) is 4.78. The van der Waals surface area contributed by atoms with E-state index in [9.17, 15) is 9.59 Å². The van der Waals surface area contributed by atoms with E-state index in [1.54, 1.807) is 4.90 Å². The molecular weight excluding hydrogens is 361 g/mol. The van der Waals surface area contributed by atoms with Gasteiger partial charge in [0.15, 0.2) is 6.71 Å². The number of benzene rings is 1. The Bertz CT molecular complexity index is 760. The summed E-state index contributed by atoms with van der Waals surface area (Å²) in [5, 5.41) is 0. The first-order valence-corrected chi connectivity index (χ1v) is 10.9. The minimum Gasteiger partial charge on any atom is -0.458 e. The quantitative estimate of drug-likeness (QED) is 0.561. The molecule has 0 aromatic heterocycles. The zero-order chi connectivity index (χ0) is 21.6. The molecule has 1 aromatic rings. The van der Waals surface area contributed by atoms with Gasteiger partial charge < -0.3 is 9.64 Å². The molecule has 4 nitrogen and oxygen atoms in total. The van der Waals surface area contributed by atoms with Crippen molar-refractivity contribution in [3.8, 4) is 0 Å². The van der Waals surface area contributed by atoms with Crippen LogP contribution in [0.1, 0.15) is 71.7 Å². The first kappa shape index (κ1) is 21.9. The van der Waals surface area contributed by atoms with Gasteiger partial charge in [-0.3, -0.25) is 4.79 Å². The van der Waals surface area contributed by atoms with Crippen LogP contribution >= 0.6 is 0 Å². The Morgan fingerprint density at radius 2 is 1.59 bits per heavy atom. The summed E-state index contributed by atoms with van der Waals surface area (Å²) < 4.78 is 5.53. The highest BCUT2D eigenvalue weighted by molar-refractivity contribution is 6.74. The molecule has 0 saturated carbocycles. The second kappa shape index (κ2) is 7.48. The van der Waals surface area contributed by atoms with Crippen LogP contribution in [0.3, 0.4) is 0 Å². The number of likely N-dealkylation sites (tertiary alicyclic amines) is 1. The van der Waals surface area contributed by atoms with Crippen molar-refractivity contribution in [2.75, 3.05) is 6.54 Å². The first-order chi connectivity index (χ1) is 13.3. The van der Waals surface area contributed by atoms with Gasteiger partial charge in [-0.1, -0.05) is 57.9 Å². The van der Waals surface area contributed by atoms with Crippen LogP contribution in [0, 0.1) is 10.8 Å². The fourth-order valence-corrected chi connectivity index (χ4v) is 4.78. The SMILES string of the molecule is CC(C)(C)OC(=O)C1CCCN1C(=O)c1ccc(B2CC(C)(C)C(C)(C)C2)cc1. The average Bonchev–Trinajstić information content (AvgIpc) is 3.16. The van der Waals surface area contributed by atoms with E-state index in [0.717, 1.165) is 6.42 Å². The van der Waals surface area contributed by atoms with Crippen molar-refractivity contribution in [3.63, 3.8) is 0 Å². The Balaban J connectivity index is 1.71. The maximum Gasteiger partial charge on any atom is 0.329 e. The Labute approximate surface area is 176 Å². The minimum absolute atomic E-state index is 0.0722. The van der Waals surface area contributed by atoms with Crippen LogP contribution in [0.4, 0.5) is 0 Å². The lowest BCUT2D eigenvalue weighted by Gasteiger charge is -2.35. The van der Waals surface area contributed by atoms with Crippen LogP contribution in [0.2, 0.25) is 12.6 Å². The van der Waals surface area contributed by atoms with E-state index in [2.05, 4.69) is 39.8 Å². The summed E-state index contributed by atoms with van der Waals surface area (Å²) >= 11 is 0. The summed E-state index contributed by atoms with van der Waals surface area (Å²) in [5.41, 5.74) is 2.04. The maximum atomic E-state index is 13.1. The number of rotatable bonds is 3. The highest BCUT2D eigenvalue weighted by atomic mass is 16.6. The van der Waals surface area contributed by atoms with E-state index in [4.69, 9.17) is 4.74 Å². The molecule has 5 heteroatoms. The smallest absolute Gasteiger partial charge is 0.329 e. The van der Waals surface area contributed by atoms with Crippen LogP contribution < -0.4 is 5.46 Å². The number of carbonyl (C=O) groups is 2. The molecule has 2 aliphatic heterocycles. The third-order valence-corrected chi connectivity index (χ3v) is 7.17. The second-order valence-corrected chi connectivity index (χ2v) is 11.2. The van der Waals surface area contributed by atoms with E-state index in [1.165, 1.54) is 18.1 Å². The molecule has 1 amide bonds. The van der Waals surface area contributed by atoms with Gasteiger partial charge >= 0.3 is 5.97 Å². The lowest BCUT2D eigenvalue weighted by atomic mass is 9.42. The van der Waals surface area contributed by atoms with Crippen molar-refractivity contribution in [1.29, 1.82) is 0 Å². The minimum atomic E-state index is -0.543. The predicted molar refractivity (Wildman–Crippen MR) is 119 cm³/mol. The molecule has 1 aromatic carbocycles. The lowest BCUT2D eigenvalue weighted by molar-refractivity contribution is -0.159. The van der Waals surface area contributed by atoms with Gasteiger partial charge in [-0.2, -0.15) is 0 Å². The summed E-state index contributed by atoms with van der Waals surface area (Å²) in [4.78, 5) is 27.3. The Kier molecular flexibility index (Phi) is 5.66. The third kappa shape index (κ3) is 4.54. The molecule has 0 N–H and O–H groups in total. The molecule has 29 heavy (non-hydrogen) atoms. The predicted octanol–water partition coefficient (Wildman–Crippen LogP) is 4.40. The average molecular weight is 397 g/mol. The van der Waals surface area contributed by atoms with Gasteiger partial charge in [-0.25, -0.2) is 4.79 Å². The van der Waals surface area contributed by atoms with Crippen molar-refractivity contribution < 1.29 is 14.3 Å². The van der Waals surface area contributed by atoms with E-state index >= 15 is 0 Å². The summed E-state index contributed by atoms with van der Waals surface area (Å²) in [5.74, 6) is -0.368. The van der Waals surface area contributed by atoms with E-state index in [-0.39, 0.29) is 11.9 Å². The topological polar surface area (TPSA) is 46.6 Å². The molecule has 3 rings (SSSR count). The van der Waals surface area contributed by atoms with Gasteiger partial charge in [0, 0.05) is 12.1 Å². The standard InChI is InChI=1S/C24H36BNO3/c1-22(2,3)29-21(28)19-9-8-14-26(19)20(27)17-10-12-18(13-11-17)25-15-23(4,5)24(6,7)16-25/h10-13,19H,8-9,14-16H2,1-7H3. The molecule has 0 spiro atoms. The normalized spacial score (nSPS) is 23.3. The van der Waals surface area contributed by atoms with E-state index < -0.39 is 11.6 Å². The summed E-state index contributed by atoms with van der Waals surface area (Å²) in [6, 6.07) is 7.60. The van der Waals surface area contributed by atoms with Crippen molar-refractivity contribution in [2.24, 2.45) is 10.8 Å². The van der Waals surface area contributed by atoms with E-state index in [0.29, 0.717) is 36.1 Å². The molecule has 2 aliphatic rings. The van der Waals surface area contributed by atoms with Gasteiger partial charge in [-0.05, 0) is 56.6 Å². The molecule has 2 fully saturated rings. The summed E-state index contributed by atoms with van der Waals surface area (Å²) in [6.45, 7) is 16.1. The molecule has 2 saturated heterocycles. The highest BCUT2D eigenvalue weighted by Gasteiger charge is 2.48. The summed E-state index contributed by atoms with van der Waals surface area (Å²) in [6.07, 6.45) is 3.84. The second-order valence-electron chi connectivity index (χ2n) is 11.2. The van der Waals surface area contributed by atoms with Gasteiger partial charge in [-0.15, -0.1) is 0 Å². The van der Waals surface area contributed by atoms with Crippen molar-refractivity contribution >= 4 is 24.1 Å². The van der Waals surface area contributed by atoms with Crippen LogP contribution in [-0.4, -0.2) is 41.7 Å². The first-order valence-electron chi connectivity index (χ1n) is 10.9. The number of ether oxygens (including phenoxy) is 1. The largest absolute Gasteiger partial charge is 0.458 e. The van der Waals surface area contributed by atoms with Crippen LogP contribution in [0.15, 0.2) is 24.3 Å². The number of hydrogen-bond donors (Lipinski definition) is 0. The van der Waals surface area contributed by atoms with Gasteiger partial charge in [0.1, 0.15) is 11.6 Å². The van der Waals surface area contributed by atoms with Crippen LogP contribution in [0.25, 0.3) is 0 Å².